The van der Waals surface area contributed by atoms with E-state index in [2.05, 4.69) is 19.9 Å². The summed E-state index contributed by atoms with van der Waals surface area (Å²) in [5.74, 6) is 0.757. The predicted molar refractivity (Wildman–Crippen MR) is 66.3 cm³/mol. The number of rotatable bonds is 1. The zero-order valence-corrected chi connectivity index (χ0v) is 9.31. The minimum absolute atomic E-state index is 0.661. The fourth-order valence-corrected chi connectivity index (χ4v) is 1.69. The third-order valence-corrected chi connectivity index (χ3v) is 2.71. The van der Waals surface area contributed by atoms with Gasteiger partial charge in [-0.3, -0.25) is 0 Å². The van der Waals surface area contributed by atoms with E-state index in [1.54, 1.807) is 6.20 Å². The SMILES string of the molecule is Cc1ccc(-c2nc3ncncc3[nH]2)cc1N. The molecule has 0 bridgehead atoms. The molecule has 2 heterocycles. The van der Waals surface area contributed by atoms with Crippen LogP contribution in [0.25, 0.3) is 22.6 Å². The molecular formula is C12H11N5. The Morgan fingerprint density at radius 2 is 2.18 bits per heavy atom. The van der Waals surface area contributed by atoms with E-state index >= 15 is 0 Å². The molecule has 0 unspecified atom stereocenters. The maximum absolute atomic E-state index is 5.88. The molecule has 5 nitrogen and oxygen atoms in total. The van der Waals surface area contributed by atoms with Gasteiger partial charge < -0.3 is 10.7 Å². The number of anilines is 1. The summed E-state index contributed by atoms with van der Waals surface area (Å²) in [5.41, 5.74) is 10.1. The summed E-state index contributed by atoms with van der Waals surface area (Å²) in [6.07, 6.45) is 3.19. The fraction of sp³-hybridized carbons (Fsp3) is 0.0833. The van der Waals surface area contributed by atoms with Gasteiger partial charge in [0.05, 0.1) is 6.20 Å². The standard InChI is InChI=1S/C12H11N5/c1-7-2-3-8(4-9(7)13)11-16-10-5-14-6-15-12(10)17-11/h2-6H,13H2,1H3,(H,14,15,16,17). The van der Waals surface area contributed by atoms with Gasteiger partial charge in [0.2, 0.25) is 0 Å². The van der Waals surface area contributed by atoms with Crippen molar-refractivity contribution in [2.75, 3.05) is 5.73 Å². The summed E-state index contributed by atoms with van der Waals surface area (Å²) in [7, 11) is 0. The van der Waals surface area contributed by atoms with Crippen LogP contribution in [0.3, 0.4) is 0 Å². The highest BCUT2D eigenvalue weighted by Crippen LogP contribution is 2.22. The van der Waals surface area contributed by atoms with Crippen LogP contribution in [0.15, 0.2) is 30.7 Å². The van der Waals surface area contributed by atoms with Crippen LogP contribution in [0.1, 0.15) is 5.56 Å². The smallest absolute Gasteiger partial charge is 0.181 e. The molecule has 0 aliphatic heterocycles. The van der Waals surface area contributed by atoms with Crippen molar-refractivity contribution >= 4 is 16.9 Å². The van der Waals surface area contributed by atoms with Gasteiger partial charge in [0.25, 0.3) is 0 Å². The topological polar surface area (TPSA) is 80.5 Å². The Bertz CT molecular complexity index is 653. The van der Waals surface area contributed by atoms with Gasteiger partial charge in [-0.15, -0.1) is 0 Å². The number of nitrogens with one attached hydrogen (secondary N) is 1. The van der Waals surface area contributed by atoms with Gasteiger partial charge in [0.1, 0.15) is 17.7 Å². The van der Waals surface area contributed by atoms with E-state index in [0.29, 0.717) is 5.65 Å². The number of imidazole rings is 1. The average molecular weight is 225 g/mol. The lowest BCUT2D eigenvalue weighted by atomic mass is 10.1. The number of benzene rings is 1. The summed E-state index contributed by atoms with van der Waals surface area (Å²) < 4.78 is 0. The first-order chi connectivity index (χ1) is 8.24. The van der Waals surface area contributed by atoms with E-state index in [1.165, 1.54) is 6.33 Å². The number of nitrogens with two attached hydrogens (primary N) is 1. The van der Waals surface area contributed by atoms with Gasteiger partial charge >= 0.3 is 0 Å². The number of nitrogens with zero attached hydrogens (tertiary/aromatic N) is 3. The van der Waals surface area contributed by atoms with E-state index in [-0.39, 0.29) is 0 Å². The number of aryl methyl sites for hydroxylation is 1. The molecule has 84 valence electrons. The van der Waals surface area contributed by atoms with Crippen LogP contribution in [-0.2, 0) is 0 Å². The molecule has 0 fully saturated rings. The number of hydrogen-bond acceptors (Lipinski definition) is 4. The molecule has 0 aliphatic carbocycles. The Balaban J connectivity index is 2.17. The Labute approximate surface area is 97.7 Å². The molecular weight excluding hydrogens is 214 g/mol. The normalized spacial score (nSPS) is 10.9. The zero-order chi connectivity index (χ0) is 11.8. The second kappa shape index (κ2) is 3.55. The number of hydrogen-bond donors (Lipinski definition) is 2. The molecule has 0 atom stereocenters. The summed E-state index contributed by atoms with van der Waals surface area (Å²) >= 11 is 0. The lowest BCUT2D eigenvalue weighted by Crippen LogP contribution is -1.90. The summed E-state index contributed by atoms with van der Waals surface area (Å²) in [6.45, 7) is 1.98. The maximum Gasteiger partial charge on any atom is 0.181 e. The third-order valence-electron chi connectivity index (χ3n) is 2.71. The van der Waals surface area contributed by atoms with Crippen molar-refractivity contribution < 1.29 is 0 Å². The fourth-order valence-electron chi connectivity index (χ4n) is 1.69. The van der Waals surface area contributed by atoms with Crippen LogP contribution in [0.5, 0.6) is 0 Å². The minimum atomic E-state index is 0.661. The van der Waals surface area contributed by atoms with E-state index in [9.17, 15) is 0 Å². The first kappa shape index (κ1) is 9.77. The molecule has 3 rings (SSSR count). The van der Waals surface area contributed by atoms with Crippen LogP contribution < -0.4 is 5.73 Å². The second-order valence-electron chi connectivity index (χ2n) is 3.92. The van der Waals surface area contributed by atoms with Crippen molar-refractivity contribution in [3.63, 3.8) is 0 Å². The van der Waals surface area contributed by atoms with Crippen molar-refractivity contribution in [3.05, 3.63) is 36.3 Å². The first-order valence-electron chi connectivity index (χ1n) is 5.26. The molecule has 0 saturated heterocycles. The number of fused-ring (bicyclic) bond motifs is 1. The molecule has 3 aromatic rings. The van der Waals surface area contributed by atoms with Crippen LogP contribution in [0.2, 0.25) is 0 Å². The van der Waals surface area contributed by atoms with Gasteiger partial charge in [-0.05, 0) is 18.6 Å². The summed E-state index contributed by atoms with van der Waals surface area (Å²) in [6, 6.07) is 5.86. The second-order valence-corrected chi connectivity index (χ2v) is 3.92. The van der Waals surface area contributed by atoms with Gasteiger partial charge in [0.15, 0.2) is 5.65 Å². The maximum atomic E-state index is 5.88. The molecule has 2 aromatic heterocycles. The molecule has 1 aromatic carbocycles. The minimum Gasteiger partial charge on any atom is -0.398 e. The quantitative estimate of drug-likeness (QED) is 0.620. The Morgan fingerprint density at radius 3 is 2.94 bits per heavy atom. The Kier molecular flexibility index (Phi) is 2.04. The number of aromatic amines is 1. The van der Waals surface area contributed by atoms with Crippen molar-refractivity contribution in [1.82, 2.24) is 19.9 Å². The predicted octanol–water partition coefficient (Wildman–Crippen LogP) is 1.91. The molecule has 0 spiro atoms. The van der Waals surface area contributed by atoms with Crippen molar-refractivity contribution in [1.29, 1.82) is 0 Å². The van der Waals surface area contributed by atoms with Crippen LogP contribution in [-0.4, -0.2) is 19.9 Å². The molecule has 17 heavy (non-hydrogen) atoms. The molecule has 0 saturated carbocycles. The highest BCUT2D eigenvalue weighted by molar-refractivity contribution is 5.75. The van der Waals surface area contributed by atoms with Gasteiger partial charge in [-0.1, -0.05) is 12.1 Å². The summed E-state index contributed by atoms with van der Waals surface area (Å²) in [5, 5.41) is 0. The molecule has 3 N–H and O–H groups in total. The first-order valence-corrected chi connectivity index (χ1v) is 5.26. The number of nitrogen functional groups attached to an aromatic ring is 1. The van der Waals surface area contributed by atoms with E-state index < -0.39 is 0 Å². The Hall–Kier alpha value is -2.43. The Morgan fingerprint density at radius 1 is 1.29 bits per heavy atom. The van der Waals surface area contributed by atoms with E-state index in [1.807, 2.05) is 25.1 Å². The molecule has 0 aliphatic rings. The van der Waals surface area contributed by atoms with Gasteiger partial charge in [-0.25, -0.2) is 15.0 Å². The number of H-pyrrole nitrogens is 1. The lowest BCUT2D eigenvalue weighted by molar-refractivity contribution is 1.20. The van der Waals surface area contributed by atoms with Crippen molar-refractivity contribution in [2.24, 2.45) is 0 Å². The molecule has 5 heteroatoms. The van der Waals surface area contributed by atoms with E-state index in [0.717, 1.165) is 28.2 Å². The summed E-state index contributed by atoms with van der Waals surface area (Å²) in [4.78, 5) is 15.6. The monoisotopic (exact) mass is 225 g/mol. The highest BCUT2D eigenvalue weighted by Gasteiger charge is 2.06. The van der Waals surface area contributed by atoms with Gasteiger partial charge in [-0.2, -0.15) is 0 Å². The van der Waals surface area contributed by atoms with Crippen LogP contribution >= 0.6 is 0 Å². The van der Waals surface area contributed by atoms with Crippen molar-refractivity contribution in [2.45, 2.75) is 6.92 Å². The largest absolute Gasteiger partial charge is 0.398 e. The number of aromatic nitrogens is 4. The van der Waals surface area contributed by atoms with Crippen molar-refractivity contribution in [3.8, 4) is 11.4 Å². The van der Waals surface area contributed by atoms with E-state index in [4.69, 9.17) is 5.73 Å². The highest BCUT2D eigenvalue weighted by atomic mass is 15.0. The average Bonchev–Trinajstić information content (AvgIpc) is 2.76. The zero-order valence-electron chi connectivity index (χ0n) is 9.31. The van der Waals surface area contributed by atoms with Crippen LogP contribution in [0, 0.1) is 6.92 Å². The molecule has 0 radical (unpaired) electrons. The van der Waals surface area contributed by atoms with Gasteiger partial charge in [0, 0.05) is 11.3 Å². The van der Waals surface area contributed by atoms with Crippen LogP contribution in [0.4, 0.5) is 5.69 Å². The molecule has 0 amide bonds. The lowest BCUT2D eigenvalue weighted by Gasteiger charge is -2.01. The third kappa shape index (κ3) is 1.61.